The lowest BCUT2D eigenvalue weighted by Crippen LogP contribution is -2.17. The van der Waals surface area contributed by atoms with Gasteiger partial charge in [-0.3, -0.25) is 0 Å². The Morgan fingerprint density at radius 1 is 1.33 bits per heavy atom. The van der Waals surface area contributed by atoms with E-state index in [0.29, 0.717) is 10.2 Å². The predicted molar refractivity (Wildman–Crippen MR) is 75.0 cm³/mol. The fraction of sp³-hybridized carbons (Fsp3) is 0.231. The van der Waals surface area contributed by atoms with E-state index in [2.05, 4.69) is 9.97 Å². The van der Waals surface area contributed by atoms with Crippen molar-refractivity contribution in [1.82, 2.24) is 9.97 Å². The normalized spacial score (nSPS) is 12.4. The van der Waals surface area contributed by atoms with Crippen LogP contribution in [0, 0.1) is 0 Å². The molecule has 3 nitrogen and oxygen atoms in total. The molecule has 2 rings (SSSR count). The quantitative estimate of drug-likeness (QED) is 0.874. The van der Waals surface area contributed by atoms with E-state index in [1.54, 1.807) is 18.5 Å². The number of halogens is 1. The van der Waals surface area contributed by atoms with Crippen LogP contribution in [0.5, 0.6) is 0 Å². The van der Waals surface area contributed by atoms with Crippen molar-refractivity contribution in [2.45, 2.75) is 29.4 Å². The van der Waals surface area contributed by atoms with E-state index in [1.807, 2.05) is 25.1 Å². The zero-order valence-corrected chi connectivity index (χ0v) is 11.6. The van der Waals surface area contributed by atoms with Crippen molar-refractivity contribution in [3.63, 3.8) is 0 Å². The highest BCUT2D eigenvalue weighted by atomic mass is 35.5. The lowest BCUT2D eigenvalue weighted by atomic mass is 10.1. The van der Waals surface area contributed by atoms with Crippen LogP contribution in [0.15, 0.2) is 46.7 Å². The molecule has 0 aliphatic carbocycles. The number of nitrogens with two attached hydrogens (primary N) is 1. The van der Waals surface area contributed by atoms with Crippen molar-refractivity contribution >= 4 is 23.4 Å². The highest BCUT2D eigenvalue weighted by Crippen LogP contribution is 2.31. The molecular weight excluding hydrogens is 266 g/mol. The highest BCUT2D eigenvalue weighted by Gasteiger charge is 2.06. The third-order valence-corrected chi connectivity index (χ3v) is 3.69. The van der Waals surface area contributed by atoms with Crippen LogP contribution in [0.2, 0.25) is 5.02 Å². The third-order valence-electron chi connectivity index (χ3n) is 2.30. The van der Waals surface area contributed by atoms with E-state index in [1.165, 1.54) is 11.8 Å². The Bertz CT molecular complexity index is 517. The van der Waals surface area contributed by atoms with Gasteiger partial charge in [-0.25, -0.2) is 9.97 Å². The Balaban J connectivity index is 2.15. The SMILES string of the molecule is CC(N)Cc1ccc(Sc2ncccn2)c(Cl)c1. The summed E-state index contributed by atoms with van der Waals surface area (Å²) in [7, 11) is 0. The summed E-state index contributed by atoms with van der Waals surface area (Å²) in [4.78, 5) is 9.27. The Morgan fingerprint density at radius 3 is 2.67 bits per heavy atom. The monoisotopic (exact) mass is 279 g/mol. The largest absolute Gasteiger partial charge is 0.328 e. The van der Waals surface area contributed by atoms with E-state index < -0.39 is 0 Å². The first-order valence-corrected chi connectivity index (χ1v) is 6.83. The Morgan fingerprint density at radius 2 is 2.06 bits per heavy atom. The maximum absolute atomic E-state index is 6.25. The van der Waals surface area contributed by atoms with Crippen LogP contribution in [0.4, 0.5) is 0 Å². The van der Waals surface area contributed by atoms with Crippen LogP contribution >= 0.6 is 23.4 Å². The van der Waals surface area contributed by atoms with E-state index in [0.717, 1.165) is 16.9 Å². The summed E-state index contributed by atoms with van der Waals surface area (Å²) >= 11 is 7.70. The molecule has 1 heterocycles. The van der Waals surface area contributed by atoms with Gasteiger partial charge in [0, 0.05) is 23.3 Å². The second-order valence-corrected chi connectivity index (χ2v) is 5.50. The smallest absolute Gasteiger partial charge is 0.192 e. The zero-order chi connectivity index (χ0) is 13.0. The van der Waals surface area contributed by atoms with E-state index in [9.17, 15) is 0 Å². The van der Waals surface area contributed by atoms with Gasteiger partial charge in [0.2, 0.25) is 0 Å². The molecule has 1 atom stereocenters. The van der Waals surface area contributed by atoms with Crippen molar-refractivity contribution in [3.05, 3.63) is 47.2 Å². The summed E-state index contributed by atoms with van der Waals surface area (Å²) in [6, 6.07) is 7.91. The standard InChI is InChI=1S/C13H14ClN3S/c1-9(15)7-10-3-4-12(11(14)8-10)18-13-16-5-2-6-17-13/h2-6,8-9H,7,15H2,1H3. The van der Waals surface area contributed by atoms with Crippen LogP contribution in [0.25, 0.3) is 0 Å². The lowest BCUT2D eigenvalue weighted by molar-refractivity contribution is 0.737. The second-order valence-electron chi connectivity index (χ2n) is 4.08. The predicted octanol–water partition coefficient (Wildman–Crippen LogP) is 3.17. The fourth-order valence-electron chi connectivity index (χ4n) is 1.56. The van der Waals surface area contributed by atoms with Gasteiger partial charge in [-0.1, -0.05) is 17.7 Å². The molecule has 0 saturated carbocycles. The molecule has 2 aromatic rings. The van der Waals surface area contributed by atoms with Crippen LogP contribution in [0.3, 0.4) is 0 Å². The molecule has 0 saturated heterocycles. The summed E-state index contributed by atoms with van der Waals surface area (Å²) in [5.41, 5.74) is 6.91. The van der Waals surface area contributed by atoms with Crippen LogP contribution in [-0.4, -0.2) is 16.0 Å². The highest BCUT2D eigenvalue weighted by molar-refractivity contribution is 7.99. The fourth-order valence-corrected chi connectivity index (χ4v) is 2.60. The Labute approximate surface area is 116 Å². The Hall–Kier alpha value is -1.10. The third kappa shape index (κ3) is 3.70. The van der Waals surface area contributed by atoms with Crippen LogP contribution in [0.1, 0.15) is 12.5 Å². The topological polar surface area (TPSA) is 51.8 Å². The number of aromatic nitrogens is 2. The van der Waals surface area contributed by atoms with Gasteiger partial charge in [0.05, 0.1) is 5.02 Å². The minimum Gasteiger partial charge on any atom is -0.328 e. The van der Waals surface area contributed by atoms with Crippen molar-refractivity contribution in [1.29, 1.82) is 0 Å². The van der Waals surface area contributed by atoms with Crippen LogP contribution < -0.4 is 5.73 Å². The number of hydrogen-bond acceptors (Lipinski definition) is 4. The van der Waals surface area contributed by atoms with E-state index in [4.69, 9.17) is 17.3 Å². The van der Waals surface area contributed by atoms with Gasteiger partial charge >= 0.3 is 0 Å². The van der Waals surface area contributed by atoms with Gasteiger partial charge in [0.15, 0.2) is 5.16 Å². The summed E-state index contributed by atoms with van der Waals surface area (Å²) < 4.78 is 0. The molecule has 0 amide bonds. The minimum atomic E-state index is 0.136. The molecule has 0 aliphatic rings. The summed E-state index contributed by atoms with van der Waals surface area (Å²) in [5.74, 6) is 0. The van der Waals surface area contributed by atoms with Crippen molar-refractivity contribution in [3.8, 4) is 0 Å². The van der Waals surface area contributed by atoms with E-state index in [-0.39, 0.29) is 6.04 Å². The van der Waals surface area contributed by atoms with Gasteiger partial charge in [-0.05, 0) is 48.9 Å². The molecule has 0 radical (unpaired) electrons. The molecule has 0 bridgehead atoms. The Kier molecular flexibility index (Phi) is 4.58. The van der Waals surface area contributed by atoms with Crippen molar-refractivity contribution < 1.29 is 0 Å². The van der Waals surface area contributed by atoms with Crippen molar-refractivity contribution in [2.75, 3.05) is 0 Å². The number of nitrogens with zero attached hydrogens (tertiary/aromatic N) is 2. The summed E-state index contributed by atoms with van der Waals surface area (Å²) in [6.45, 7) is 1.98. The maximum atomic E-state index is 6.25. The summed E-state index contributed by atoms with van der Waals surface area (Å²) in [6.07, 6.45) is 4.26. The molecule has 1 unspecified atom stereocenters. The lowest BCUT2D eigenvalue weighted by Gasteiger charge is -2.08. The molecule has 1 aromatic carbocycles. The van der Waals surface area contributed by atoms with Gasteiger partial charge in [0.25, 0.3) is 0 Å². The molecular formula is C13H14ClN3S. The van der Waals surface area contributed by atoms with Gasteiger partial charge in [-0.15, -0.1) is 0 Å². The maximum Gasteiger partial charge on any atom is 0.192 e. The number of rotatable bonds is 4. The summed E-state index contributed by atoms with van der Waals surface area (Å²) in [5, 5.41) is 1.41. The molecule has 18 heavy (non-hydrogen) atoms. The molecule has 0 aliphatic heterocycles. The van der Waals surface area contributed by atoms with Gasteiger partial charge in [-0.2, -0.15) is 0 Å². The minimum absolute atomic E-state index is 0.136. The molecule has 0 fully saturated rings. The zero-order valence-electron chi connectivity index (χ0n) is 10.0. The first-order valence-electron chi connectivity index (χ1n) is 5.64. The second kappa shape index (κ2) is 6.18. The average molecular weight is 280 g/mol. The molecule has 94 valence electrons. The molecule has 0 spiro atoms. The molecule has 5 heteroatoms. The van der Waals surface area contributed by atoms with E-state index >= 15 is 0 Å². The first-order chi connectivity index (χ1) is 8.65. The van der Waals surface area contributed by atoms with Gasteiger partial charge < -0.3 is 5.73 Å². The van der Waals surface area contributed by atoms with Gasteiger partial charge in [0.1, 0.15) is 0 Å². The first kappa shape index (κ1) is 13.3. The number of benzene rings is 1. The average Bonchev–Trinajstić information content (AvgIpc) is 2.33. The van der Waals surface area contributed by atoms with Crippen LogP contribution in [-0.2, 0) is 6.42 Å². The molecule has 1 aromatic heterocycles. The van der Waals surface area contributed by atoms with Crippen molar-refractivity contribution in [2.24, 2.45) is 5.73 Å². The molecule has 2 N–H and O–H groups in total. The number of hydrogen-bond donors (Lipinski definition) is 1.